The fraction of sp³-hybridized carbons (Fsp3) is 0.458. The zero-order valence-electron chi connectivity index (χ0n) is 17.9. The Hall–Kier alpha value is -2.08. The van der Waals surface area contributed by atoms with Crippen LogP contribution in [0, 0.1) is 0 Å². The number of esters is 1. The average molecular weight is 432 g/mol. The number of carbonyl (C=O) groups excluding carboxylic acids is 1. The van der Waals surface area contributed by atoms with E-state index >= 15 is 0 Å². The summed E-state index contributed by atoms with van der Waals surface area (Å²) in [5, 5.41) is 0.706. The van der Waals surface area contributed by atoms with E-state index in [4.69, 9.17) is 25.8 Å². The molecule has 2 aromatic rings. The van der Waals surface area contributed by atoms with Crippen molar-refractivity contribution < 1.29 is 19.0 Å². The minimum atomic E-state index is -0.443. The van der Waals surface area contributed by atoms with E-state index in [1.165, 1.54) is 0 Å². The smallest absolute Gasteiger partial charge is 0.307 e. The van der Waals surface area contributed by atoms with Crippen molar-refractivity contribution in [2.24, 2.45) is 0 Å². The second kappa shape index (κ2) is 10.3. The van der Waals surface area contributed by atoms with Crippen molar-refractivity contribution in [3.05, 3.63) is 64.7 Å². The molecule has 1 fully saturated rings. The van der Waals surface area contributed by atoms with E-state index in [9.17, 15) is 4.79 Å². The molecule has 0 bridgehead atoms. The van der Waals surface area contributed by atoms with Gasteiger partial charge in [0.15, 0.2) is 0 Å². The van der Waals surface area contributed by atoms with Gasteiger partial charge in [-0.3, -0.25) is 9.69 Å². The molecule has 2 aromatic carbocycles. The number of hydrogen-bond donors (Lipinski definition) is 0. The lowest BCUT2D eigenvalue weighted by Gasteiger charge is -2.33. The summed E-state index contributed by atoms with van der Waals surface area (Å²) in [6.45, 7) is 9.03. The Balaban J connectivity index is 1.48. The summed E-state index contributed by atoms with van der Waals surface area (Å²) in [4.78, 5) is 14.2. The zero-order chi connectivity index (χ0) is 21.6. The Morgan fingerprint density at radius 1 is 1.20 bits per heavy atom. The molecule has 0 spiro atoms. The minimum absolute atomic E-state index is 0.0145. The number of hydrogen-bond acceptors (Lipinski definition) is 5. The lowest BCUT2D eigenvalue weighted by Crippen LogP contribution is -2.39. The number of carbonyl (C=O) groups is 1. The molecular formula is C24H30ClNO4. The monoisotopic (exact) mass is 431 g/mol. The maximum Gasteiger partial charge on any atom is 0.307 e. The summed E-state index contributed by atoms with van der Waals surface area (Å²) >= 11 is 6.01. The molecule has 0 aromatic heterocycles. The number of halogens is 1. The first-order chi connectivity index (χ1) is 14.3. The second-order valence-corrected chi connectivity index (χ2v) is 8.92. The van der Waals surface area contributed by atoms with Gasteiger partial charge in [-0.15, -0.1) is 0 Å². The predicted octanol–water partition coefficient (Wildman–Crippen LogP) is 5.02. The molecule has 0 amide bonds. The lowest BCUT2D eigenvalue weighted by molar-refractivity contribution is -0.155. The Bertz CT molecular complexity index is 832. The van der Waals surface area contributed by atoms with Crippen LogP contribution < -0.4 is 4.74 Å². The first-order valence-corrected chi connectivity index (χ1v) is 10.7. The number of morpholine rings is 1. The number of benzene rings is 2. The third-order valence-corrected chi connectivity index (χ3v) is 4.98. The molecule has 30 heavy (non-hydrogen) atoms. The molecule has 1 aliphatic heterocycles. The molecule has 0 saturated carbocycles. The van der Waals surface area contributed by atoms with Crippen LogP contribution in [0.15, 0.2) is 48.5 Å². The van der Waals surface area contributed by atoms with Crippen molar-refractivity contribution in [2.45, 2.75) is 45.5 Å². The van der Waals surface area contributed by atoms with Crippen LogP contribution in [-0.4, -0.2) is 42.7 Å². The van der Waals surface area contributed by atoms with Crippen molar-refractivity contribution in [2.75, 3.05) is 26.2 Å². The summed E-state index contributed by atoms with van der Waals surface area (Å²) in [7, 11) is 0. The quantitative estimate of drug-likeness (QED) is 0.576. The summed E-state index contributed by atoms with van der Waals surface area (Å²) < 4.78 is 17.2. The van der Waals surface area contributed by atoms with E-state index in [0.717, 1.165) is 30.0 Å². The molecule has 6 heteroatoms. The van der Waals surface area contributed by atoms with Gasteiger partial charge in [-0.25, -0.2) is 0 Å². The fourth-order valence-electron chi connectivity index (χ4n) is 3.32. The highest BCUT2D eigenvalue weighted by atomic mass is 35.5. The molecule has 1 atom stereocenters. The van der Waals surface area contributed by atoms with Gasteiger partial charge in [0.1, 0.15) is 18.0 Å². The normalized spacial score (nSPS) is 17.5. The molecule has 162 valence electrons. The van der Waals surface area contributed by atoms with E-state index in [1.807, 2.05) is 69.3 Å². The third kappa shape index (κ3) is 7.31. The van der Waals surface area contributed by atoms with E-state index in [-0.39, 0.29) is 12.1 Å². The summed E-state index contributed by atoms with van der Waals surface area (Å²) in [5.74, 6) is 0.642. The van der Waals surface area contributed by atoms with Crippen LogP contribution in [0.2, 0.25) is 5.02 Å². The summed E-state index contributed by atoms with van der Waals surface area (Å²) in [6, 6.07) is 15.6. The highest BCUT2D eigenvalue weighted by Crippen LogP contribution is 2.25. The van der Waals surface area contributed by atoms with Crippen LogP contribution in [-0.2, 0) is 20.9 Å². The molecular weight excluding hydrogens is 402 g/mol. The maximum atomic E-state index is 12.0. The Morgan fingerprint density at radius 3 is 2.67 bits per heavy atom. The Kier molecular flexibility index (Phi) is 7.75. The van der Waals surface area contributed by atoms with E-state index in [1.54, 1.807) is 0 Å². The lowest BCUT2D eigenvalue weighted by atomic mass is 10.1. The van der Waals surface area contributed by atoms with Crippen LogP contribution in [0.4, 0.5) is 0 Å². The average Bonchev–Trinajstić information content (AvgIpc) is 2.70. The number of ether oxygens (including phenoxy) is 3. The number of rotatable bonds is 7. The van der Waals surface area contributed by atoms with Gasteiger partial charge in [-0.2, -0.15) is 0 Å². The fourth-order valence-corrected chi connectivity index (χ4v) is 3.53. The summed E-state index contributed by atoms with van der Waals surface area (Å²) in [5.41, 5.74) is 1.69. The van der Waals surface area contributed by atoms with Gasteiger partial charge in [0, 0.05) is 24.7 Å². The van der Waals surface area contributed by atoms with Crippen molar-refractivity contribution in [3.8, 4) is 5.75 Å². The topological polar surface area (TPSA) is 48.0 Å². The van der Waals surface area contributed by atoms with Crippen molar-refractivity contribution in [1.82, 2.24) is 4.90 Å². The van der Waals surface area contributed by atoms with Crippen LogP contribution in [0.5, 0.6) is 5.75 Å². The third-order valence-electron chi connectivity index (χ3n) is 4.75. The van der Waals surface area contributed by atoms with Gasteiger partial charge in [0.2, 0.25) is 0 Å². The van der Waals surface area contributed by atoms with Crippen molar-refractivity contribution in [3.63, 3.8) is 0 Å². The molecule has 1 aliphatic rings. The Morgan fingerprint density at radius 2 is 1.97 bits per heavy atom. The molecule has 0 N–H and O–H groups in total. The van der Waals surface area contributed by atoms with Crippen LogP contribution in [0.1, 0.15) is 44.4 Å². The van der Waals surface area contributed by atoms with Gasteiger partial charge in [-0.05, 0) is 56.2 Å². The van der Waals surface area contributed by atoms with Crippen LogP contribution in [0.25, 0.3) is 0 Å². The molecule has 5 nitrogen and oxygen atoms in total. The molecule has 3 rings (SSSR count). The molecule has 0 radical (unpaired) electrons. The predicted molar refractivity (Wildman–Crippen MR) is 118 cm³/mol. The largest absolute Gasteiger partial charge is 0.489 e. The molecule has 1 heterocycles. The van der Waals surface area contributed by atoms with Gasteiger partial charge >= 0.3 is 5.97 Å². The van der Waals surface area contributed by atoms with E-state index < -0.39 is 5.60 Å². The second-order valence-electron chi connectivity index (χ2n) is 8.48. The highest BCUT2D eigenvalue weighted by Gasteiger charge is 2.23. The maximum absolute atomic E-state index is 12.0. The van der Waals surface area contributed by atoms with Crippen LogP contribution >= 0.6 is 11.6 Å². The van der Waals surface area contributed by atoms with Gasteiger partial charge < -0.3 is 14.2 Å². The van der Waals surface area contributed by atoms with Crippen molar-refractivity contribution >= 4 is 17.6 Å². The first-order valence-electron chi connectivity index (χ1n) is 10.3. The number of nitrogens with zero attached hydrogens (tertiary/aromatic N) is 1. The van der Waals surface area contributed by atoms with E-state index in [2.05, 4.69) is 4.90 Å². The Labute approximate surface area is 183 Å². The molecule has 1 saturated heterocycles. The highest BCUT2D eigenvalue weighted by molar-refractivity contribution is 6.30. The van der Waals surface area contributed by atoms with Crippen LogP contribution in [0.3, 0.4) is 0 Å². The van der Waals surface area contributed by atoms with E-state index in [0.29, 0.717) is 31.2 Å². The van der Waals surface area contributed by atoms with Crippen molar-refractivity contribution in [1.29, 1.82) is 0 Å². The first kappa shape index (κ1) is 22.6. The standard InChI is InChI=1S/C24H30ClNO4/c1-24(2,3)30-23(27)11-12-26-13-14-28-22(16-26)19-7-9-21(10-8-19)29-17-18-5-4-6-20(25)15-18/h4-10,15,22H,11-14,16-17H2,1-3H3. The van der Waals surface area contributed by atoms with Gasteiger partial charge in [-0.1, -0.05) is 35.9 Å². The van der Waals surface area contributed by atoms with Gasteiger partial charge in [0.25, 0.3) is 0 Å². The zero-order valence-corrected chi connectivity index (χ0v) is 18.7. The molecule has 1 unspecified atom stereocenters. The molecule has 0 aliphatic carbocycles. The van der Waals surface area contributed by atoms with Gasteiger partial charge in [0.05, 0.1) is 19.1 Å². The minimum Gasteiger partial charge on any atom is -0.489 e. The summed E-state index contributed by atoms with van der Waals surface area (Å²) in [6.07, 6.45) is 0.375. The SMILES string of the molecule is CC(C)(C)OC(=O)CCN1CCOC(c2ccc(OCc3cccc(Cl)c3)cc2)C1.